The van der Waals surface area contributed by atoms with Crippen LogP contribution in [0.5, 0.6) is 5.75 Å². The van der Waals surface area contributed by atoms with Gasteiger partial charge in [-0.05, 0) is 32.4 Å². The first-order chi connectivity index (χ1) is 8.20. The van der Waals surface area contributed by atoms with Gasteiger partial charge in [0.25, 0.3) is 0 Å². The molecule has 96 valence electrons. The fourth-order valence-electron chi connectivity index (χ4n) is 1.37. The average molecular weight is 254 g/mol. The van der Waals surface area contributed by atoms with Crippen molar-refractivity contribution in [2.24, 2.45) is 0 Å². The van der Waals surface area contributed by atoms with E-state index in [1.54, 1.807) is 0 Å². The van der Waals surface area contributed by atoms with Crippen LogP contribution in [0.2, 0.25) is 0 Å². The molecule has 1 rings (SSSR count). The number of aryl methyl sites for hydroxylation is 1. The molecule has 2 nitrogen and oxygen atoms in total. The summed E-state index contributed by atoms with van der Waals surface area (Å²) in [6.07, 6.45) is 0.332. The lowest BCUT2D eigenvalue weighted by molar-refractivity contribution is 0.0920. The molecule has 0 aliphatic carbocycles. The minimum absolute atomic E-state index is 0.332. The second-order valence-electron chi connectivity index (χ2n) is 4.15. The highest BCUT2D eigenvalue weighted by Gasteiger charge is 1.98. The maximum Gasteiger partial charge on any atom is 0.122 e. The van der Waals surface area contributed by atoms with E-state index in [2.05, 4.69) is 26.8 Å². The zero-order valence-corrected chi connectivity index (χ0v) is 11.8. The SMILES string of the molecule is Cc1ccccc1OCCSCCOC(C)C. The van der Waals surface area contributed by atoms with Crippen LogP contribution in [-0.2, 0) is 4.74 Å². The molecule has 0 aliphatic heterocycles. The Labute approximate surface area is 109 Å². The van der Waals surface area contributed by atoms with Gasteiger partial charge in [0.1, 0.15) is 5.75 Å². The molecule has 0 heterocycles. The minimum Gasteiger partial charge on any atom is -0.492 e. The highest BCUT2D eigenvalue weighted by atomic mass is 32.2. The van der Waals surface area contributed by atoms with Gasteiger partial charge in [0.15, 0.2) is 0 Å². The second-order valence-corrected chi connectivity index (χ2v) is 5.37. The molecule has 0 amide bonds. The van der Waals surface area contributed by atoms with Crippen LogP contribution in [0.4, 0.5) is 0 Å². The van der Waals surface area contributed by atoms with Gasteiger partial charge in [-0.3, -0.25) is 0 Å². The first kappa shape index (κ1) is 14.4. The van der Waals surface area contributed by atoms with E-state index < -0.39 is 0 Å². The number of thioether (sulfide) groups is 1. The first-order valence-electron chi connectivity index (χ1n) is 6.08. The Morgan fingerprint density at radius 2 is 1.82 bits per heavy atom. The molecular formula is C14H22O2S. The van der Waals surface area contributed by atoms with Crippen LogP contribution in [0.1, 0.15) is 19.4 Å². The number of rotatable bonds is 8. The van der Waals surface area contributed by atoms with E-state index in [1.807, 2.05) is 30.0 Å². The second kappa shape index (κ2) is 8.43. The van der Waals surface area contributed by atoms with Crippen LogP contribution in [0.3, 0.4) is 0 Å². The van der Waals surface area contributed by atoms with E-state index in [0.717, 1.165) is 30.5 Å². The maximum atomic E-state index is 5.70. The third-order valence-electron chi connectivity index (χ3n) is 2.26. The van der Waals surface area contributed by atoms with Crippen LogP contribution < -0.4 is 4.74 Å². The lowest BCUT2D eigenvalue weighted by Gasteiger charge is -2.09. The Bertz CT molecular complexity index is 313. The Morgan fingerprint density at radius 1 is 1.12 bits per heavy atom. The van der Waals surface area contributed by atoms with Gasteiger partial charge in [-0.1, -0.05) is 18.2 Å². The highest BCUT2D eigenvalue weighted by Crippen LogP contribution is 2.16. The van der Waals surface area contributed by atoms with Crippen molar-refractivity contribution in [2.75, 3.05) is 24.7 Å². The summed E-state index contributed by atoms with van der Waals surface area (Å²) in [7, 11) is 0. The molecule has 0 radical (unpaired) electrons. The van der Waals surface area contributed by atoms with E-state index in [4.69, 9.17) is 9.47 Å². The Hall–Kier alpha value is -0.670. The summed E-state index contributed by atoms with van der Waals surface area (Å²) in [5.41, 5.74) is 1.20. The van der Waals surface area contributed by atoms with Gasteiger partial charge in [0, 0.05) is 11.5 Å². The zero-order chi connectivity index (χ0) is 12.5. The van der Waals surface area contributed by atoms with Gasteiger partial charge in [-0.15, -0.1) is 0 Å². The Balaban J connectivity index is 2.03. The van der Waals surface area contributed by atoms with Crippen LogP contribution in [0.25, 0.3) is 0 Å². The third-order valence-corrected chi connectivity index (χ3v) is 3.17. The Kier molecular flexibility index (Phi) is 7.13. The molecule has 1 aromatic rings. The van der Waals surface area contributed by atoms with E-state index in [1.165, 1.54) is 5.56 Å². The van der Waals surface area contributed by atoms with Crippen molar-refractivity contribution in [1.29, 1.82) is 0 Å². The van der Waals surface area contributed by atoms with Crippen molar-refractivity contribution < 1.29 is 9.47 Å². The fraction of sp³-hybridized carbons (Fsp3) is 0.571. The molecule has 0 spiro atoms. The summed E-state index contributed by atoms with van der Waals surface area (Å²) in [6, 6.07) is 8.12. The largest absolute Gasteiger partial charge is 0.492 e. The van der Waals surface area contributed by atoms with Crippen LogP contribution in [-0.4, -0.2) is 30.8 Å². The number of para-hydroxylation sites is 1. The standard InChI is InChI=1S/C14H22O2S/c1-12(2)15-8-10-17-11-9-16-14-7-5-4-6-13(14)3/h4-7,12H,8-11H2,1-3H3. The minimum atomic E-state index is 0.332. The van der Waals surface area contributed by atoms with Gasteiger partial charge in [0.2, 0.25) is 0 Å². The lowest BCUT2D eigenvalue weighted by atomic mass is 10.2. The summed E-state index contributed by atoms with van der Waals surface area (Å²) in [6.45, 7) is 7.78. The van der Waals surface area contributed by atoms with E-state index in [9.17, 15) is 0 Å². The normalized spacial score (nSPS) is 10.8. The van der Waals surface area contributed by atoms with Crippen LogP contribution in [0.15, 0.2) is 24.3 Å². The number of ether oxygens (including phenoxy) is 2. The van der Waals surface area contributed by atoms with Gasteiger partial charge in [-0.2, -0.15) is 11.8 Å². The van der Waals surface area contributed by atoms with Crippen molar-refractivity contribution in [3.8, 4) is 5.75 Å². The molecule has 0 fully saturated rings. The predicted octanol–water partition coefficient (Wildman–Crippen LogP) is 3.53. The predicted molar refractivity (Wildman–Crippen MR) is 75.1 cm³/mol. The molecule has 0 atom stereocenters. The van der Waals surface area contributed by atoms with E-state index in [-0.39, 0.29) is 0 Å². The summed E-state index contributed by atoms with van der Waals surface area (Å²) < 4.78 is 11.2. The molecule has 0 unspecified atom stereocenters. The van der Waals surface area contributed by atoms with Crippen molar-refractivity contribution in [2.45, 2.75) is 26.9 Å². The van der Waals surface area contributed by atoms with Crippen molar-refractivity contribution in [3.05, 3.63) is 29.8 Å². The summed E-state index contributed by atoms with van der Waals surface area (Å²) in [5, 5.41) is 0. The van der Waals surface area contributed by atoms with Crippen molar-refractivity contribution in [3.63, 3.8) is 0 Å². The zero-order valence-electron chi connectivity index (χ0n) is 10.9. The molecule has 0 aliphatic rings. The summed E-state index contributed by atoms with van der Waals surface area (Å²) in [5.74, 6) is 3.04. The highest BCUT2D eigenvalue weighted by molar-refractivity contribution is 7.99. The molecule has 1 aromatic carbocycles. The van der Waals surface area contributed by atoms with Crippen molar-refractivity contribution >= 4 is 11.8 Å². The van der Waals surface area contributed by atoms with E-state index in [0.29, 0.717) is 6.10 Å². The van der Waals surface area contributed by atoms with Gasteiger partial charge < -0.3 is 9.47 Å². The van der Waals surface area contributed by atoms with Crippen LogP contribution >= 0.6 is 11.8 Å². The first-order valence-corrected chi connectivity index (χ1v) is 7.23. The number of benzene rings is 1. The molecule has 0 saturated carbocycles. The number of hydrogen-bond donors (Lipinski definition) is 0. The topological polar surface area (TPSA) is 18.5 Å². The molecule has 0 saturated heterocycles. The Morgan fingerprint density at radius 3 is 2.53 bits per heavy atom. The van der Waals surface area contributed by atoms with Gasteiger partial charge in [0.05, 0.1) is 19.3 Å². The van der Waals surface area contributed by atoms with Crippen molar-refractivity contribution in [1.82, 2.24) is 0 Å². The molecule has 3 heteroatoms. The smallest absolute Gasteiger partial charge is 0.122 e. The fourth-order valence-corrected chi connectivity index (χ4v) is 1.99. The molecule has 0 N–H and O–H groups in total. The van der Waals surface area contributed by atoms with Gasteiger partial charge in [-0.25, -0.2) is 0 Å². The quantitative estimate of drug-likeness (QED) is 0.661. The van der Waals surface area contributed by atoms with E-state index >= 15 is 0 Å². The molecule has 0 bridgehead atoms. The maximum absolute atomic E-state index is 5.70. The monoisotopic (exact) mass is 254 g/mol. The third kappa shape index (κ3) is 6.59. The molecule has 17 heavy (non-hydrogen) atoms. The summed E-state index contributed by atoms with van der Waals surface area (Å²) >= 11 is 1.87. The number of hydrogen-bond acceptors (Lipinski definition) is 3. The lowest BCUT2D eigenvalue weighted by Crippen LogP contribution is -2.07. The van der Waals surface area contributed by atoms with Gasteiger partial charge >= 0.3 is 0 Å². The summed E-state index contributed by atoms with van der Waals surface area (Å²) in [4.78, 5) is 0. The molecular weight excluding hydrogens is 232 g/mol. The average Bonchev–Trinajstić information content (AvgIpc) is 2.30. The molecule has 0 aromatic heterocycles. The van der Waals surface area contributed by atoms with Crippen LogP contribution in [0, 0.1) is 6.92 Å².